The summed E-state index contributed by atoms with van der Waals surface area (Å²) < 4.78 is 0.177. The first-order chi connectivity index (χ1) is 14.8. The van der Waals surface area contributed by atoms with E-state index in [-0.39, 0.29) is 4.63 Å². The number of benzene rings is 4. The van der Waals surface area contributed by atoms with Gasteiger partial charge in [-0.2, -0.15) is 0 Å². The second-order valence-corrected chi connectivity index (χ2v) is 13.1. The van der Waals surface area contributed by atoms with Crippen molar-refractivity contribution in [3.8, 4) is 0 Å². The molecular formula is C27H25NiP2. The monoisotopic (exact) mass is 469 g/mol. The Balaban J connectivity index is 1.77. The summed E-state index contributed by atoms with van der Waals surface area (Å²) in [5, 5.41) is 5.56. The molecule has 0 saturated heterocycles. The molecule has 0 spiro atoms. The topological polar surface area (TPSA) is 0 Å². The van der Waals surface area contributed by atoms with Crippen molar-refractivity contribution in [1.29, 1.82) is 0 Å². The Morgan fingerprint density at radius 3 is 1.03 bits per heavy atom. The van der Waals surface area contributed by atoms with E-state index in [4.69, 9.17) is 15.5 Å². The molecule has 0 saturated carbocycles. The zero-order valence-electron chi connectivity index (χ0n) is 16.9. The Morgan fingerprint density at radius 2 is 0.733 bits per heavy atom. The van der Waals surface area contributed by atoms with Crippen LogP contribution >= 0.6 is 15.8 Å². The zero-order valence-corrected chi connectivity index (χ0v) is 19.7. The van der Waals surface area contributed by atoms with Gasteiger partial charge < -0.3 is 0 Å². The van der Waals surface area contributed by atoms with Gasteiger partial charge in [-0.1, -0.05) is 0 Å². The van der Waals surface area contributed by atoms with E-state index >= 15 is 0 Å². The van der Waals surface area contributed by atoms with Crippen molar-refractivity contribution in [2.45, 2.75) is 17.2 Å². The first kappa shape index (κ1) is 21.5. The first-order valence-electron chi connectivity index (χ1n) is 10.1. The molecule has 0 bridgehead atoms. The summed E-state index contributed by atoms with van der Waals surface area (Å²) in [6.07, 6.45) is 0. The second kappa shape index (κ2) is 10.5. The molecule has 0 aromatic heterocycles. The van der Waals surface area contributed by atoms with E-state index in [1.165, 1.54) is 21.2 Å². The van der Waals surface area contributed by atoms with Crippen LogP contribution in [0.25, 0.3) is 0 Å². The molecule has 0 aliphatic heterocycles. The van der Waals surface area contributed by atoms with Crippen molar-refractivity contribution in [2.75, 3.05) is 0 Å². The zero-order chi connectivity index (χ0) is 20.8. The molecule has 153 valence electrons. The predicted molar refractivity (Wildman–Crippen MR) is 131 cm³/mol. The average Bonchev–Trinajstić information content (AvgIpc) is 2.82. The van der Waals surface area contributed by atoms with Crippen molar-refractivity contribution >= 4 is 37.1 Å². The SMILES string of the molecule is CC([CH]([Ni])P(c1ccccc1)c1ccccc1)P(c1ccccc1)c1ccccc1. The summed E-state index contributed by atoms with van der Waals surface area (Å²) in [6.45, 7) is 2.38. The fraction of sp³-hybridized carbons (Fsp3) is 0.111. The fourth-order valence-electron chi connectivity index (χ4n) is 3.72. The summed E-state index contributed by atoms with van der Waals surface area (Å²) in [7, 11) is -1.16. The van der Waals surface area contributed by atoms with Gasteiger partial charge in [-0.25, -0.2) is 0 Å². The minimum atomic E-state index is -0.615. The van der Waals surface area contributed by atoms with Crippen molar-refractivity contribution in [3.05, 3.63) is 121 Å². The molecule has 3 heteroatoms. The predicted octanol–water partition coefficient (Wildman–Crippen LogP) is 5.51. The molecule has 0 amide bonds. The molecule has 2 atom stereocenters. The van der Waals surface area contributed by atoms with Gasteiger partial charge in [0.05, 0.1) is 0 Å². The van der Waals surface area contributed by atoms with Gasteiger partial charge in [0, 0.05) is 0 Å². The van der Waals surface area contributed by atoms with E-state index in [0.29, 0.717) is 5.66 Å². The molecular weight excluding hydrogens is 445 g/mol. The van der Waals surface area contributed by atoms with E-state index < -0.39 is 15.8 Å². The molecule has 0 nitrogen and oxygen atoms in total. The molecule has 2 unspecified atom stereocenters. The Hall–Kier alpha value is -1.77. The van der Waals surface area contributed by atoms with Crippen LogP contribution in [-0.4, -0.2) is 10.3 Å². The molecule has 30 heavy (non-hydrogen) atoms. The van der Waals surface area contributed by atoms with Gasteiger partial charge >= 0.3 is 191 Å². The van der Waals surface area contributed by atoms with Gasteiger partial charge in [0.2, 0.25) is 0 Å². The van der Waals surface area contributed by atoms with Gasteiger partial charge in [0.25, 0.3) is 0 Å². The Labute approximate surface area is 190 Å². The summed E-state index contributed by atoms with van der Waals surface area (Å²) in [5.41, 5.74) is 0.385. The van der Waals surface area contributed by atoms with E-state index in [9.17, 15) is 0 Å². The Kier molecular flexibility index (Phi) is 7.52. The first-order valence-corrected chi connectivity index (χ1v) is 13.5. The molecule has 4 rings (SSSR count). The fourth-order valence-corrected chi connectivity index (χ4v) is 10.5. The van der Waals surface area contributed by atoms with Crippen molar-refractivity contribution in [1.82, 2.24) is 0 Å². The van der Waals surface area contributed by atoms with Gasteiger partial charge in [0.1, 0.15) is 0 Å². The summed E-state index contributed by atoms with van der Waals surface area (Å²) in [6, 6.07) is 43.7. The van der Waals surface area contributed by atoms with Gasteiger partial charge in [-0.05, 0) is 0 Å². The van der Waals surface area contributed by atoms with Crippen LogP contribution in [0.5, 0.6) is 0 Å². The third-order valence-corrected chi connectivity index (χ3v) is 12.3. The van der Waals surface area contributed by atoms with Gasteiger partial charge in [0.15, 0.2) is 0 Å². The standard InChI is InChI=1S/C27H25P2.Ni/c1-23(29(26-18-10-4-11-19-26)27-20-12-5-13-21-27)22-28(24-14-6-2-7-15-24)25-16-8-3-9-17-25;/h2-23H,1H3;. The number of hydrogen-bond donors (Lipinski definition) is 0. The third kappa shape index (κ3) is 4.93. The summed E-state index contributed by atoms with van der Waals surface area (Å²) >= 11 is 5.98. The molecule has 0 N–H and O–H groups in total. The van der Waals surface area contributed by atoms with E-state index in [1.54, 1.807) is 0 Å². The molecule has 0 radical (unpaired) electrons. The molecule has 4 aromatic rings. The third-order valence-electron chi connectivity index (χ3n) is 5.14. The van der Waals surface area contributed by atoms with Crippen LogP contribution in [0.2, 0.25) is 0 Å². The maximum atomic E-state index is 5.98. The second-order valence-electron chi connectivity index (χ2n) is 7.16. The quantitative estimate of drug-likeness (QED) is 0.247. The molecule has 0 heterocycles. The van der Waals surface area contributed by atoms with Crippen LogP contribution in [-0.2, 0) is 15.5 Å². The van der Waals surface area contributed by atoms with Gasteiger partial charge in [-0.3, -0.25) is 0 Å². The molecule has 0 aliphatic rings. The Morgan fingerprint density at radius 1 is 0.467 bits per heavy atom. The number of hydrogen-bond acceptors (Lipinski definition) is 0. The molecule has 0 aliphatic carbocycles. The normalized spacial score (nSPS) is 13.4. The summed E-state index contributed by atoms with van der Waals surface area (Å²) in [4.78, 5) is 0. The Bertz CT molecular complexity index is 857. The van der Waals surface area contributed by atoms with E-state index in [0.717, 1.165) is 0 Å². The van der Waals surface area contributed by atoms with Crippen LogP contribution in [0.4, 0.5) is 0 Å². The molecule has 0 fully saturated rings. The van der Waals surface area contributed by atoms with Gasteiger partial charge in [-0.15, -0.1) is 0 Å². The maximum absolute atomic E-state index is 5.98. The van der Waals surface area contributed by atoms with Crippen LogP contribution < -0.4 is 21.2 Å². The average molecular weight is 470 g/mol. The number of rotatable bonds is 7. The van der Waals surface area contributed by atoms with Crippen LogP contribution in [0.3, 0.4) is 0 Å². The van der Waals surface area contributed by atoms with Crippen LogP contribution in [0.15, 0.2) is 121 Å². The van der Waals surface area contributed by atoms with E-state index in [2.05, 4.69) is 128 Å². The van der Waals surface area contributed by atoms with Crippen LogP contribution in [0, 0.1) is 0 Å². The van der Waals surface area contributed by atoms with Crippen LogP contribution in [0.1, 0.15) is 6.92 Å². The molecule has 4 aromatic carbocycles. The van der Waals surface area contributed by atoms with Crippen molar-refractivity contribution in [2.24, 2.45) is 0 Å². The minimum absolute atomic E-state index is 0.177. The van der Waals surface area contributed by atoms with Crippen molar-refractivity contribution < 1.29 is 15.5 Å². The summed E-state index contributed by atoms with van der Waals surface area (Å²) in [5.74, 6) is 0. The van der Waals surface area contributed by atoms with Crippen molar-refractivity contribution in [3.63, 3.8) is 0 Å². The van der Waals surface area contributed by atoms with E-state index in [1.807, 2.05) is 0 Å².